The quantitative estimate of drug-likeness (QED) is 0.673. The third kappa shape index (κ3) is 2.62. The molecule has 1 heterocycles. The van der Waals surface area contributed by atoms with E-state index in [4.69, 9.17) is 4.74 Å². The number of rotatable bonds is 2. The van der Waals surface area contributed by atoms with Gasteiger partial charge in [-0.25, -0.2) is 9.69 Å². The summed E-state index contributed by atoms with van der Waals surface area (Å²) in [7, 11) is 0. The average molecular weight is 223 g/mol. The lowest BCUT2D eigenvalue weighted by Crippen LogP contribution is -2.30. The third-order valence-corrected chi connectivity index (χ3v) is 3.19. The van der Waals surface area contributed by atoms with Gasteiger partial charge in [-0.2, -0.15) is 0 Å². The normalized spacial score (nSPS) is 22.8. The van der Waals surface area contributed by atoms with Gasteiger partial charge in [0, 0.05) is 0 Å². The molecule has 1 aliphatic heterocycles. The summed E-state index contributed by atoms with van der Waals surface area (Å²) in [6.45, 7) is 0.703. The highest BCUT2D eigenvalue weighted by Gasteiger charge is 2.26. The summed E-state index contributed by atoms with van der Waals surface area (Å²) in [6, 6.07) is 0. The van der Waals surface area contributed by atoms with Crippen molar-refractivity contribution in [2.45, 2.75) is 32.1 Å². The van der Waals surface area contributed by atoms with Gasteiger partial charge in [0.15, 0.2) is 0 Å². The van der Waals surface area contributed by atoms with Gasteiger partial charge < -0.3 is 4.74 Å². The van der Waals surface area contributed by atoms with Crippen LogP contribution in [0.5, 0.6) is 0 Å². The highest BCUT2D eigenvalue weighted by molar-refractivity contribution is 5.99. The van der Waals surface area contributed by atoms with Gasteiger partial charge in [0.25, 0.3) is 5.91 Å². The second-order valence-corrected chi connectivity index (χ2v) is 4.36. The number of hydrogen-bond donors (Lipinski definition) is 0. The Balaban J connectivity index is 1.85. The summed E-state index contributed by atoms with van der Waals surface area (Å²) in [5.74, 6) is 0.268. The zero-order valence-corrected chi connectivity index (χ0v) is 9.35. The minimum absolute atomic E-state index is 0.243. The molecule has 16 heavy (non-hydrogen) atoms. The summed E-state index contributed by atoms with van der Waals surface area (Å²) < 4.78 is 4.71. The van der Waals surface area contributed by atoms with E-state index in [1.165, 1.54) is 25.3 Å². The van der Waals surface area contributed by atoms with Crippen LogP contribution in [-0.2, 0) is 9.53 Å². The molecule has 1 aliphatic carbocycles. The Morgan fingerprint density at radius 2 is 2.06 bits per heavy atom. The predicted molar refractivity (Wildman–Crippen MR) is 58.8 cm³/mol. The first-order valence-corrected chi connectivity index (χ1v) is 5.94. The van der Waals surface area contributed by atoms with Gasteiger partial charge in [0.05, 0.1) is 6.54 Å². The average Bonchev–Trinajstić information content (AvgIpc) is 2.74. The molecule has 2 amide bonds. The Kier molecular flexibility index (Phi) is 3.59. The molecule has 88 valence electrons. The molecule has 0 N–H and O–H groups in total. The van der Waals surface area contributed by atoms with Crippen molar-refractivity contribution in [2.24, 2.45) is 5.92 Å². The van der Waals surface area contributed by atoms with Gasteiger partial charge in [0.1, 0.15) is 6.61 Å². The first kappa shape index (κ1) is 11.2. The molecule has 1 saturated heterocycles. The number of carbonyl (C=O) groups excluding carboxylic acids is 2. The third-order valence-electron chi connectivity index (χ3n) is 3.19. The van der Waals surface area contributed by atoms with Crippen LogP contribution in [-0.4, -0.2) is 30.1 Å². The maximum absolute atomic E-state index is 11.6. The van der Waals surface area contributed by atoms with E-state index in [1.54, 1.807) is 0 Å². The van der Waals surface area contributed by atoms with Crippen LogP contribution in [0.3, 0.4) is 0 Å². The largest absolute Gasteiger partial charge is 0.447 e. The van der Waals surface area contributed by atoms with Crippen LogP contribution < -0.4 is 0 Å². The van der Waals surface area contributed by atoms with E-state index in [0.717, 1.165) is 17.7 Å². The van der Waals surface area contributed by atoms with E-state index in [0.29, 0.717) is 19.1 Å². The number of amides is 2. The summed E-state index contributed by atoms with van der Waals surface area (Å²) in [5.41, 5.74) is 0. The van der Waals surface area contributed by atoms with Crippen molar-refractivity contribution in [3.63, 3.8) is 0 Å². The summed E-state index contributed by atoms with van der Waals surface area (Å²) in [5, 5.41) is 0. The molecule has 0 aromatic rings. The van der Waals surface area contributed by atoms with Crippen LogP contribution in [0.4, 0.5) is 4.79 Å². The molecule has 2 rings (SSSR count). The van der Waals surface area contributed by atoms with Gasteiger partial charge in [0.2, 0.25) is 0 Å². The monoisotopic (exact) mass is 223 g/mol. The van der Waals surface area contributed by atoms with Crippen LogP contribution in [0, 0.1) is 5.92 Å². The molecular formula is C12H17NO3. The highest BCUT2D eigenvalue weighted by Crippen LogP contribution is 2.24. The lowest BCUT2D eigenvalue weighted by molar-refractivity contribution is -0.122. The number of imide groups is 1. The molecular weight excluding hydrogens is 206 g/mol. The van der Waals surface area contributed by atoms with Crippen LogP contribution in [0.25, 0.3) is 0 Å². The molecule has 1 saturated carbocycles. The number of carbonyl (C=O) groups is 2. The lowest BCUT2D eigenvalue weighted by Gasteiger charge is -2.17. The maximum Gasteiger partial charge on any atom is 0.416 e. The standard InChI is InChI=1S/C12H17NO3/c14-11(13-8-9-16-12(13)15)7-6-10-4-2-1-3-5-10/h6-7,10H,1-5,8-9H2. The Hall–Kier alpha value is -1.32. The second kappa shape index (κ2) is 5.14. The van der Waals surface area contributed by atoms with Gasteiger partial charge in [-0.1, -0.05) is 25.3 Å². The van der Waals surface area contributed by atoms with E-state index in [-0.39, 0.29) is 5.91 Å². The van der Waals surface area contributed by atoms with Crippen molar-refractivity contribution < 1.29 is 14.3 Å². The molecule has 0 atom stereocenters. The van der Waals surface area contributed by atoms with Crippen LogP contribution in [0.15, 0.2) is 12.2 Å². The molecule has 0 unspecified atom stereocenters. The molecule has 0 spiro atoms. The van der Waals surface area contributed by atoms with Gasteiger partial charge in [-0.3, -0.25) is 4.79 Å². The number of ether oxygens (including phenoxy) is 1. The highest BCUT2D eigenvalue weighted by atomic mass is 16.6. The van der Waals surface area contributed by atoms with Gasteiger partial charge in [-0.05, 0) is 24.8 Å². The Bertz CT molecular complexity index is 305. The first-order valence-electron chi connectivity index (χ1n) is 5.94. The number of nitrogens with zero attached hydrogens (tertiary/aromatic N) is 1. The minimum Gasteiger partial charge on any atom is -0.447 e. The second-order valence-electron chi connectivity index (χ2n) is 4.36. The van der Waals surface area contributed by atoms with E-state index < -0.39 is 6.09 Å². The molecule has 0 aromatic heterocycles. The Labute approximate surface area is 95.2 Å². The molecule has 0 bridgehead atoms. The van der Waals surface area contributed by atoms with Gasteiger partial charge in [-0.15, -0.1) is 0 Å². The summed E-state index contributed by atoms with van der Waals surface area (Å²) in [6.07, 6.45) is 9.08. The van der Waals surface area contributed by atoms with Crippen molar-refractivity contribution in [2.75, 3.05) is 13.2 Å². The molecule has 2 fully saturated rings. The maximum atomic E-state index is 11.6. The van der Waals surface area contributed by atoms with Crippen molar-refractivity contribution in [3.05, 3.63) is 12.2 Å². The first-order chi connectivity index (χ1) is 7.77. The van der Waals surface area contributed by atoms with Crippen molar-refractivity contribution >= 4 is 12.0 Å². The molecule has 4 nitrogen and oxygen atoms in total. The topological polar surface area (TPSA) is 46.6 Å². The summed E-state index contributed by atoms with van der Waals surface area (Å²) in [4.78, 5) is 23.9. The van der Waals surface area contributed by atoms with E-state index >= 15 is 0 Å². The zero-order chi connectivity index (χ0) is 11.4. The van der Waals surface area contributed by atoms with E-state index in [9.17, 15) is 9.59 Å². The number of hydrogen-bond acceptors (Lipinski definition) is 3. The van der Waals surface area contributed by atoms with Crippen molar-refractivity contribution in [1.82, 2.24) is 4.90 Å². The molecule has 0 aromatic carbocycles. The fraction of sp³-hybridized carbons (Fsp3) is 0.667. The van der Waals surface area contributed by atoms with Crippen LogP contribution in [0.1, 0.15) is 32.1 Å². The Morgan fingerprint density at radius 1 is 1.31 bits per heavy atom. The van der Waals surface area contributed by atoms with Crippen LogP contribution >= 0.6 is 0 Å². The molecule has 2 aliphatic rings. The predicted octanol–water partition coefficient (Wildman–Crippen LogP) is 2.10. The van der Waals surface area contributed by atoms with Crippen LogP contribution in [0.2, 0.25) is 0 Å². The smallest absolute Gasteiger partial charge is 0.416 e. The zero-order valence-electron chi connectivity index (χ0n) is 9.35. The minimum atomic E-state index is -0.515. The number of cyclic esters (lactones) is 1. The lowest BCUT2D eigenvalue weighted by atomic mass is 9.89. The van der Waals surface area contributed by atoms with E-state index in [2.05, 4.69) is 0 Å². The number of allylic oxidation sites excluding steroid dienone is 1. The summed E-state index contributed by atoms with van der Waals surface area (Å²) >= 11 is 0. The van der Waals surface area contributed by atoms with Crippen molar-refractivity contribution in [3.8, 4) is 0 Å². The van der Waals surface area contributed by atoms with Gasteiger partial charge >= 0.3 is 6.09 Å². The fourth-order valence-corrected chi connectivity index (χ4v) is 2.23. The van der Waals surface area contributed by atoms with E-state index in [1.807, 2.05) is 6.08 Å². The molecule has 0 radical (unpaired) electrons. The Morgan fingerprint density at radius 3 is 2.69 bits per heavy atom. The van der Waals surface area contributed by atoms with Crippen molar-refractivity contribution in [1.29, 1.82) is 0 Å². The fourth-order valence-electron chi connectivity index (χ4n) is 2.23. The SMILES string of the molecule is O=C(C=CC1CCCCC1)N1CCOC1=O. The molecule has 4 heteroatoms.